The Morgan fingerprint density at radius 2 is 1.43 bits per heavy atom. The number of phenolic OH excluding ortho intramolecular Hbond substituents is 1. The van der Waals surface area contributed by atoms with Crippen LogP contribution in [0.15, 0.2) is 23.6 Å². The Morgan fingerprint density at radius 3 is 1.90 bits per heavy atom. The maximum atomic E-state index is 13.4. The van der Waals surface area contributed by atoms with Gasteiger partial charge in [0.05, 0.1) is 14.9 Å². The van der Waals surface area contributed by atoms with Crippen LogP contribution in [0.1, 0.15) is 66.4 Å². The van der Waals surface area contributed by atoms with Gasteiger partial charge >= 0.3 is 5.69 Å². The van der Waals surface area contributed by atoms with Crippen molar-refractivity contribution in [2.45, 2.75) is 85.4 Å². The maximum absolute atomic E-state index is 13.4. The van der Waals surface area contributed by atoms with Crippen LogP contribution < -0.4 is 16.0 Å². The lowest BCUT2D eigenvalue weighted by Gasteiger charge is -2.27. The standard InChI is InChI=1S/C28H43IN4O8S/c1-16(2)10-20(8-9-42(7,40)41)30-27(36)23(12-18(5)6)32-28(37)22(11-17(3)4)31-25(34)15-19-13-21(29)26(35)24(14-19)33(38)39/h8-9,13-14,16-18,20,22-23,35H,10-12,15H2,1-7H3,(H,30,36)(H,31,34)(H,32,37). The van der Waals surface area contributed by atoms with Crippen LogP contribution in [-0.2, 0) is 30.6 Å². The van der Waals surface area contributed by atoms with Gasteiger partial charge in [-0.3, -0.25) is 24.5 Å². The highest BCUT2D eigenvalue weighted by molar-refractivity contribution is 14.1. The summed E-state index contributed by atoms with van der Waals surface area (Å²) in [6.07, 6.45) is 3.29. The molecule has 4 N–H and O–H groups in total. The largest absolute Gasteiger partial charge is 0.501 e. The average Bonchev–Trinajstić information content (AvgIpc) is 2.82. The van der Waals surface area contributed by atoms with Gasteiger partial charge in [0.25, 0.3) is 0 Å². The predicted octanol–water partition coefficient (Wildman–Crippen LogP) is 3.60. The molecule has 3 atom stereocenters. The molecule has 0 aromatic heterocycles. The number of nitro benzene ring substituents is 1. The van der Waals surface area contributed by atoms with Gasteiger partial charge in [-0.05, 0) is 71.2 Å². The summed E-state index contributed by atoms with van der Waals surface area (Å²) < 4.78 is 23.5. The number of halogens is 1. The minimum Gasteiger partial charge on any atom is -0.501 e. The number of rotatable bonds is 16. The summed E-state index contributed by atoms with van der Waals surface area (Å²) in [4.78, 5) is 50.2. The van der Waals surface area contributed by atoms with Crippen LogP contribution in [0.5, 0.6) is 5.75 Å². The van der Waals surface area contributed by atoms with E-state index in [1.54, 1.807) is 22.6 Å². The number of hydrogen-bond donors (Lipinski definition) is 4. The van der Waals surface area contributed by atoms with E-state index in [-0.39, 0.29) is 34.2 Å². The first-order valence-electron chi connectivity index (χ1n) is 13.7. The zero-order valence-corrected chi connectivity index (χ0v) is 28.1. The van der Waals surface area contributed by atoms with E-state index in [0.717, 1.165) is 17.7 Å². The monoisotopic (exact) mass is 722 g/mol. The number of sulfone groups is 1. The molecule has 12 nitrogen and oxygen atoms in total. The van der Waals surface area contributed by atoms with Crippen LogP contribution in [0.3, 0.4) is 0 Å². The summed E-state index contributed by atoms with van der Waals surface area (Å²) in [6, 6.07) is 0.0783. The van der Waals surface area contributed by atoms with Crippen LogP contribution in [0.2, 0.25) is 0 Å². The Balaban J connectivity index is 3.14. The van der Waals surface area contributed by atoms with Crippen molar-refractivity contribution < 1.29 is 32.8 Å². The van der Waals surface area contributed by atoms with Gasteiger partial charge in [-0.2, -0.15) is 0 Å². The van der Waals surface area contributed by atoms with E-state index in [0.29, 0.717) is 18.4 Å². The highest BCUT2D eigenvalue weighted by Gasteiger charge is 2.29. The number of nitrogens with one attached hydrogen (secondary N) is 3. The zero-order valence-electron chi connectivity index (χ0n) is 25.1. The van der Waals surface area contributed by atoms with Crippen LogP contribution in [0.4, 0.5) is 5.69 Å². The van der Waals surface area contributed by atoms with Crippen molar-refractivity contribution >= 4 is 55.8 Å². The van der Waals surface area contributed by atoms with Gasteiger partial charge in [0.2, 0.25) is 23.5 Å². The van der Waals surface area contributed by atoms with Gasteiger partial charge in [0.15, 0.2) is 9.84 Å². The predicted molar refractivity (Wildman–Crippen MR) is 169 cm³/mol. The average molecular weight is 723 g/mol. The van der Waals surface area contributed by atoms with Gasteiger partial charge < -0.3 is 21.1 Å². The van der Waals surface area contributed by atoms with E-state index in [1.165, 1.54) is 12.1 Å². The third-order valence-electron chi connectivity index (χ3n) is 5.97. The number of hydrogen-bond acceptors (Lipinski definition) is 8. The molecule has 14 heteroatoms. The van der Waals surface area contributed by atoms with Crippen molar-refractivity contribution in [3.63, 3.8) is 0 Å². The van der Waals surface area contributed by atoms with Crippen molar-refractivity contribution in [3.8, 4) is 5.75 Å². The zero-order chi connectivity index (χ0) is 32.4. The Hall–Kier alpha value is -2.75. The second-order valence-electron chi connectivity index (χ2n) is 11.7. The van der Waals surface area contributed by atoms with Crippen molar-refractivity contribution in [1.82, 2.24) is 16.0 Å². The van der Waals surface area contributed by atoms with Crippen LogP contribution >= 0.6 is 22.6 Å². The summed E-state index contributed by atoms with van der Waals surface area (Å²) in [5, 5.41) is 30.5. The molecule has 0 saturated heterocycles. The smallest absolute Gasteiger partial charge is 0.312 e. The lowest BCUT2D eigenvalue weighted by Crippen LogP contribution is -2.55. The Morgan fingerprint density at radius 1 is 0.929 bits per heavy atom. The molecule has 0 fully saturated rings. The van der Waals surface area contributed by atoms with Gasteiger partial charge in [-0.15, -0.1) is 0 Å². The van der Waals surface area contributed by atoms with Crippen LogP contribution in [0, 0.1) is 31.4 Å². The molecule has 0 radical (unpaired) electrons. The molecule has 42 heavy (non-hydrogen) atoms. The fraction of sp³-hybridized carbons (Fsp3) is 0.607. The molecule has 3 unspecified atom stereocenters. The molecule has 1 aromatic carbocycles. The molecule has 0 spiro atoms. The summed E-state index contributed by atoms with van der Waals surface area (Å²) in [5.74, 6) is -1.88. The van der Waals surface area contributed by atoms with Crippen LogP contribution in [0.25, 0.3) is 0 Å². The van der Waals surface area contributed by atoms with Crippen molar-refractivity contribution in [2.24, 2.45) is 17.8 Å². The first-order valence-corrected chi connectivity index (χ1v) is 16.8. The first kappa shape index (κ1) is 37.3. The second kappa shape index (κ2) is 16.8. The molecule has 236 valence electrons. The molecule has 0 aliphatic rings. The molecule has 1 aromatic rings. The molecule has 0 aliphatic carbocycles. The number of aromatic hydroxyl groups is 1. The van der Waals surface area contributed by atoms with Gasteiger partial charge in [-0.1, -0.05) is 47.6 Å². The topological polar surface area (TPSA) is 185 Å². The molecular formula is C28H43IN4O8S. The normalized spacial score (nSPS) is 14.2. The lowest BCUT2D eigenvalue weighted by atomic mass is 9.99. The minimum absolute atomic E-state index is 0.00526. The van der Waals surface area contributed by atoms with E-state index in [9.17, 15) is 38.0 Å². The molecule has 0 saturated carbocycles. The first-order chi connectivity index (χ1) is 19.3. The molecule has 0 heterocycles. The second-order valence-corrected chi connectivity index (χ2v) is 14.8. The molecule has 3 amide bonds. The van der Waals surface area contributed by atoms with Gasteiger partial charge in [0, 0.05) is 23.8 Å². The Labute approximate surface area is 261 Å². The molecule has 0 aliphatic heterocycles. The highest BCUT2D eigenvalue weighted by atomic mass is 127. The van der Waals surface area contributed by atoms with E-state index in [2.05, 4.69) is 16.0 Å². The van der Waals surface area contributed by atoms with Crippen molar-refractivity contribution in [2.75, 3.05) is 6.26 Å². The van der Waals surface area contributed by atoms with E-state index < -0.39 is 62.0 Å². The molecule has 1 rings (SSSR count). The van der Waals surface area contributed by atoms with Gasteiger partial charge in [-0.25, -0.2) is 8.42 Å². The highest BCUT2D eigenvalue weighted by Crippen LogP contribution is 2.32. The van der Waals surface area contributed by atoms with Crippen LogP contribution in [-0.4, -0.2) is 60.6 Å². The summed E-state index contributed by atoms with van der Waals surface area (Å²) in [7, 11) is -3.41. The number of phenols is 1. The number of nitro groups is 1. The number of nitrogens with zero attached hydrogens (tertiary/aromatic N) is 1. The summed E-state index contributed by atoms with van der Waals surface area (Å²) in [6.45, 7) is 11.4. The molecular weight excluding hydrogens is 679 g/mol. The van der Waals surface area contributed by atoms with E-state index in [4.69, 9.17) is 0 Å². The Bertz CT molecular complexity index is 1260. The number of carbonyl (C=O) groups excluding carboxylic acids is 3. The fourth-order valence-corrected chi connectivity index (χ4v) is 5.36. The number of amides is 3. The van der Waals surface area contributed by atoms with Gasteiger partial charge in [0.1, 0.15) is 12.1 Å². The SMILES string of the molecule is CC(C)CC(C=CS(C)(=O)=O)NC(=O)C(CC(C)C)NC(=O)C(CC(C)C)NC(=O)Cc1cc(I)c(O)c([N+](=O)[O-])c1. The van der Waals surface area contributed by atoms with E-state index >= 15 is 0 Å². The fourth-order valence-electron chi connectivity index (χ4n) is 4.20. The summed E-state index contributed by atoms with van der Waals surface area (Å²) in [5.41, 5.74) is -0.230. The van der Waals surface area contributed by atoms with Crippen molar-refractivity contribution in [1.29, 1.82) is 0 Å². The molecule has 0 bridgehead atoms. The maximum Gasteiger partial charge on any atom is 0.312 e. The third-order valence-corrected chi connectivity index (χ3v) is 7.45. The Kier molecular flexibility index (Phi) is 14.9. The number of carbonyl (C=O) groups is 3. The third kappa shape index (κ3) is 13.9. The lowest BCUT2D eigenvalue weighted by molar-refractivity contribution is -0.386. The minimum atomic E-state index is -3.41. The number of benzene rings is 1. The van der Waals surface area contributed by atoms with Crippen molar-refractivity contribution in [3.05, 3.63) is 42.9 Å². The quantitative estimate of drug-likeness (QED) is 0.113. The summed E-state index contributed by atoms with van der Waals surface area (Å²) >= 11 is 1.74. The van der Waals surface area contributed by atoms with E-state index in [1.807, 2.05) is 41.5 Å².